The Balaban J connectivity index is 2.02. The van der Waals surface area contributed by atoms with Gasteiger partial charge in [-0.25, -0.2) is 5.43 Å². The number of phenolic OH excluding ortho intramolecular Hbond substituents is 1. The van der Waals surface area contributed by atoms with E-state index < -0.39 is 5.91 Å². The van der Waals surface area contributed by atoms with Gasteiger partial charge in [-0.3, -0.25) is 4.79 Å². The second-order valence-electron chi connectivity index (χ2n) is 4.53. The second-order valence-corrected chi connectivity index (χ2v) is 5.45. The van der Waals surface area contributed by atoms with Gasteiger partial charge in [-0.2, -0.15) is 5.10 Å². The first-order chi connectivity index (χ1) is 11.1. The van der Waals surface area contributed by atoms with Crippen LogP contribution in [-0.4, -0.2) is 23.8 Å². The maximum Gasteiger partial charge on any atom is 0.275 e. The fourth-order valence-electron chi connectivity index (χ4n) is 1.76. The van der Waals surface area contributed by atoms with Gasteiger partial charge in [-0.1, -0.05) is 40.7 Å². The Morgan fingerprint density at radius 2 is 2.17 bits per heavy atom. The summed E-state index contributed by atoms with van der Waals surface area (Å²) in [5.41, 5.74) is 3.28. The van der Waals surface area contributed by atoms with Crippen molar-refractivity contribution in [3.05, 3.63) is 70.7 Å². The van der Waals surface area contributed by atoms with E-state index in [4.69, 9.17) is 4.74 Å². The van der Waals surface area contributed by atoms with Gasteiger partial charge < -0.3 is 9.84 Å². The van der Waals surface area contributed by atoms with Gasteiger partial charge in [0.05, 0.1) is 11.8 Å². The maximum atomic E-state index is 12.0. The van der Waals surface area contributed by atoms with Crippen molar-refractivity contribution < 1.29 is 14.6 Å². The zero-order chi connectivity index (χ0) is 16.7. The number of halogens is 1. The molecule has 0 spiro atoms. The Labute approximate surface area is 142 Å². The number of rotatable bonds is 6. The fourth-order valence-corrected chi connectivity index (χ4v) is 2.12. The molecular formula is C17H15BrN2O3. The van der Waals surface area contributed by atoms with Crippen molar-refractivity contribution in [3.63, 3.8) is 0 Å². The number of hydrogen-bond donors (Lipinski definition) is 2. The van der Waals surface area contributed by atoms with Crippen molar-refractivity contribution in [3.8, 4) is 11.5 Å². The molecule has 1 amide bonds. The summed E-state index contributed by atoms with van der Waals surface area (Å²) in [5.74, 6) is 0.0737. The standard InChI is InChI=1S/C17H15BrN2O3/c1-2-8-23-14-5-3-4-12(9-14)11-19-20-17(22)15-10-13(18)6-7-16(15)21/h2-7,9-11,21H,1,8H2,(H,20,22)/b19-11+. The summed E-state index contributed by atoms with van der Waals surface area (Å²) in [6.07, 6.45) is 3.15. The molecule has 0 bridgehead atoms. The second kappa shape index (κ2) is 8.14. The summed E-state index contributed by atoms with van der Waals surface area (Å²) < 4.78 is 6.11. The van der Waals surface area contributed by atoms with E-state index in [0.29, 0.717) is 16.8 Å². The molecule has 0 aliphatic heterocycles. The number of amides is 1. The Bertz CT molecular complexity index is 744. The number of hydrogen-bond acceptors (Lipinski definition) is 4. The maximum absolute atomic E-state index is 12.0. The molecule has 6 heteroatoms. The number of carbonyl (C=O) groups is 1. The SMILES string of the molecule is C=CCOc1cccc(/C=N/NC(=O)c2cc(Br)ccc2O)c1. The molecule has 2 aromatic rings. The molecule has 0 aromatic heterocycles. The summed E-state index contributed by atoms with van der Waals surface area (Å²) in [7, 11) is 0. The van der Waals surface area contributed by atoms with Gasteiger partial charge >= 0.3 is 0 Å². The molecule has 5 nitrogen and oxygen atoms in total. The number of aromatic hydroxyl groups is 1. The van der Waals surface area contributed by atoms with Crippen LogP contribution in [0.5, 0.6) is 11.5 Å². The molecule has 118 valence electrons. The lowest BCUT2D eigenvalue weighted by Crippen LogP contribution is -2.17. The number of hydrazone groups is 1. The molecule has 0 unspecified atom stereocenters. The van der Waals surface area contributed by atoms with Crippen LogP contribution in [0.25, 0.3) is 0 Å². The molecule has 2 aromatic carbocycles. The first-order valence-corrected chi connectivity index (χ1v) is 7.55. The zero-order valence-corrected chi connectivity index (χ0v) is 13.8. The van der Waals surface area contributed by atoms with Gasteiger partial charge in [0.1, 0.15) is 18.1 Å². The van der Waals surface area contributed by atoms with Crippen LogP contribution in [-0.2, 0) is 0 Å². The molecule has 23 heavy (non-hydrogen) atoms. The third kappa shape index (κ3) is 4.96. The van der Waals surface area contributed by atoms with Crippen LogP contribution in [0.15, 0.2) is 64.7 Å². The smallest absolute Gasteiger partial charge is 0.275 e. The first kappa shape index (κ1) is 16.8. The predicted octanol–water partition coefficient (Wildman–Crippen LogP) is 3.48. The lowest BCUT2D eigenvalue weighted by atomic mass is 10.2. The third-order valence-corrected chi connectivity index (χ3v) is 3.30. The van der Waals surface area contributed by atoms with Crippen molar-refractivity contribution >= 4 is 28.1 Å². The van der Waals surface area contributed by atoms with E-state index in [0.717, 1.165) is 5.56 Å². The van der Waals surface area contributed by atoms with Crippen molar-refractivity contribution in [2.24, 2.45) is 5.10 Å². The van der Waals surface area contributed by atoms with Crippen LogP contribution < -0.4 is 10.2 Å². The average molecular weight is 375 g/mol. The Morgan fingerprint density at radius 1 is 1.35 bits per heavy atom. The summed E-state index contributed by atoms with van der Waals surface area (Å²) in [6.45, 7) is 4.00. The zero-order valence-electron chi connectivity index (χ0n) is 12.2. The van der Waals surface area contributed by atoms with E-state index in [1.54, 1.807) is 18.2 Å². The number of benzene rings is 2. The topological polar surface area (TPSA) is 70.9 Å². The number of ether oxygens (including phenoxy) is 1. The molecule has 0 atom stereocenters. The van der Waals surface area contributed by atoms with Crippen LogP contribution in [0, 0.1) is 0 Å². The minimum atomic E-state index is -0.501. The number of nitrogens with zero attached hydrogens (tertiary/aromatic N) is 1. The van der Waals surface area contributed by atoms with Gasteiger partial charge in [0.15, 0.2) is 0 Å². The molecule has 0 aliphatic rings. The normalized spacial score (nSPS) is 10.5. The summed E-state index contributed by atoms with van der Waals surface area (Å²) in [5, 5.41) is 13.6. The highest BCUT2D eigenvalue weighted by molar-refractivity contribution is 9.10. The predicted molar refractivity (Wildman–Crippen MR) is 93.0 cm³/mol. The largest absolute Gasteiger partial charge is 0.507 e. The fraction of sp³-hybridized carbons (Fsp3) is 0.0588. The van der Waals surface area contributed by atoms with E-state index in [-0.39, 0.29) is 11.3 Å². The van der Waals surface area contributed by atoms with Crippen molar-refractivity contribution in [1.82, 2.24) is 5.43 Å². The molecule has 0 radical (unpaired) electrons. The van der Waals surface area contributed by atoms with E-state index in [1.807, 2.05) is 18.2 Å². The van der Waals surface area contributed by atoms with Crippen LogP contribution in [0.2, 0.25) is 0 Å². The van der Waals surface area contributed by atoms with E-state index >= 15 is 0 Å². The quantitative estimate of drug-likeness (QED) is 0.461. The van der Waals surface area contributed by atoms with Gasteiger partial charge in [-0.15, -0.1) is 0 Å². The van der Waals surface area contributed by atoms with Crippen LogP contribution in [0.3, 0.4) is 0 Å². The van der Waals surface area contributed by atoms with E-state index in [2.05, 4.69) is 33.0 Å². The summed E-state index contributed by atoms with van der Waals surface area (Å²) in [6, 6.07) is 11.8. The van der Waals surface area contributed by atoms with E-state index in [1.165, 1.54) is 18.3 Å². The molecule has 0 saturated carbocycles. The minimum Gasteiger partial charge on any atom is -0.507 e. The average Bonchev–Trinajstić information content (AvgIpc) is 2.55. The Kier molecular flexibility index (Phi) is 5.94. The molecule has 2 rings (SSSR count). The van der Waals surface area contributed by atoms with Crippen molar-refractivity contribution in [1.29, 1.82) is 0 Å². The number of carbonyl (C=O) groups excluding carboxylic acids is 1. The molecule has 0 saturated heterocycles. The minimum absolute atomic E-state index is 0.110. The summed E-state index contributed by atoms with van der Waals surface area (Å²) in [4.78, 5) is 12.0. The van der Waals surface area contributed by atoms with Crippen LogP contribution in [0.1, 0.15) is 15.9 Å². The highest BCUT2D eigenvalue weighted by Gasteiger charge is 2.10. The molecule has 0 heterocycles. The van der Waals surface area contributed by atoms with Gasteiger partial charge in [-0.05, 0) is 35.9 Å². The summed E-state index contributed by atoms with van der Waals surface area (Å²) >= 11 is 3.25. The highest BCUT2D eigenvalue weighted by Crippen LogP contribution is 2.21. The lowest BCUT2D eigenvalue weighted by molar-refractivity contribution is 0.0952. The lowest BCUT2D eigenvalue weighted by Gasteiger charge is -2.04. The monoisotopic (exact) mass is 374 g/mol. The first-order valence-electron chi connectivity index (χ1n) is 6.76. The van der Waals surface area contributed by atoms with Gasteiger partial charge in [0, 0.05) is 4.47 Å². The van der Waals surface area contributed by atoms with E-state index in [9.17, 15) is 9.90 Å². The molecule has 2 N–H and O–H groups in total. The molecule has 0 fully saturated rings. The number of phenols is 1. The van der Waals surface area contributed by atoms with Crippen LogP contribution in [0.4, 0.5) is 0 Å². The van der Waals surface area contributed by atoms with Crippen LogP contribution >= 0.6 is 15.9 Å². The Morgan fingerprint density at radius 3 is 2.96 bits per heavy atom. The number of nitrogens with one attached hydrogen (secondary N) is 1. The molecular weight excluding hydrogens is 360 g/mol. The Hall–Kier alpha value is -2.60. The van der Waals surface area contributed by atoms with Gasteiger partial charge in [0.2, 0.25) is 0 Å². The van der Waals surface area contributed by atoms with Crippen molar-refractivity contribution in [2.75, 3.05) is 6.61 Å². The van der Waals surface area contributed by atoms with Gasteiger partial charge in [0.25, 0.3) is 5.91 Å². The highest BCUT2D eigenvalue weighted by atomic mass is 79.9. The third-order valence-electron chi connectivity index (χ3n) is 2.81. The van der Waals surface area contributed by atoms with Crippen molar-refractivity contribution in [2.45, 2.75) is 0 Å². The molecule has 0 aliphatic carbocycles.